The second-order valence-corrected chi connectivity index (χ2v) is 4.16. The van der Waals surface area contributed by atoms with Crippen LogP contribution in [0.2, 0.25) is 0 Å². The Morgan fingerprint density at radius 1 is 1.00 bits per heavy atom. The summed E-state index contributed by atoms with van der Waals surface area (Å²) in [7, 11) is 0. The van der Waals surface area contributed by atoms with E-state index in [0.717, 1.165) is 0 Å². The Morgan fingerprint density at radius 2 is 1.65 bits per heavy atom. The molecule has 0 atom stereocenters. The molecule has 0 aliphatic heterocycles. The zero-order valence-electron chi connectivity index (χ0n) is 10.5. The standard InChI is InChI=1S/C14H12ClN3O2/c15-9-13(19)17-10-5-1-2-6-11(10)18-14(20)12-7-3-4-8-16-12/h1-8H,9H2,(H,17,19)(H,18,20). The molecule has 0 saturated carbocycles. The van der Waals surface area contributed by atoms with E-state index < -0.39 is 0 Å². The molecule has 1 aromatic heterocycles. The van der Waals surface area contributed by atoms with Gasteiger partial charge in [0.1, 0.15) is 11.6 Å². The molecule has 2 amide bonds. The van der Waals surface area contributed by atoms with Crippen LogP contribution in [0.4, 0.5) is 11.4 Å². The largest absolute Gasteiger partial charge is 0.323 e. The predicted molar refractivity (Wildman–Crippen MR) is 78.0 cm³/mol. The number of para-hydroxylation sites is 2. The second-order valence-electron chi connectivity index (χ2n) is 3.90. The molecule has 6 heteroatoms. The summed E-state index contributed by atoms with van der Waals surface area (Å²) in [5.41, 5.74) is 1.27. The quantitative estimate of drug-likeness (QED) is 0.850. The van der Waals surface area contributed by atoms with Crippen molar-refractivity contribution in [3.63, 3.8) is 0 Å². The van der Waals surface area contributed by atoms with Gasteiger partial charge in [-0.25, -0.2) is 0 Å². The molecule has 0 spiro atoms. The number of hydrogen-bond acceptors (Lipinski definition) is 3. The summed E-state index contributed by atoms with van der Waals surface area (Å²) in [5.74, 6) is -0.841. The smallest absolute Gasteiger partial charge is 0.274 e. The summed E-state index contributed by atoms with van der Waals surface area (Å²) in [6.07, 6.45) is 1.54. The first-order valence-electron chi connectivity index (χ1n) is 5.88. The topological polar surface area (TPSA) is 71.1 Å². The minimum absolute atomic E-state index is 0.150. The van der Waals surface area contributed by atoms with Crippen LogP contribution in [0.25, 0.3) is 0 Å². The van der Waals surface area contributed by atoms with Gasteiger partial charge in [0.15, 0.2) is 0 Å². The fourth-order valence-electron chi connectivity index (χ4n) is 1.57. The van der Waals surface area contributed by atoms with Crippen LogP contribution >= 0.6 is 11.6 Å². The van der Waals surface area contributed by atoms with Gasteiger partial charge in [-0.05, 0) is 24.3 Å². The van der Waals surface area contributed by atoms with Crippen molar-refractivity contribution in [2.45, 2.75) is 0 Å². The normalized spacial score (nSPS) is 9.85. The highest BCUT2D eigenvalue weighted by Crippen LogP contribution is 2.21. The highest BCUT2D eigenvalue weighted by Gasteiger charge is 2.10. The molecule has 2 N–H and O–H groups in total. The minimum Gasteiger partial charge on any atom is -0.323 e. The van der Waals surface area contributed by atoms with Gasteiger partial charge in [-0.3, -0.25) is 14.6 Å². The van der Waals surface area contributed by atoms with E-state index in [-0.39, 0.29) is 17.7 Å². The van der Waals surface area contributed by atoms with Crippen molar-refractivity contribution in [1.82, 2.24) is 4.98 Å². The summed E-state index contributed by atoms with van der Waals surface area (Å²) in [5, 5.41) is 5.31. The lowest BCUT2D eigenvalue weighted by Crippen LogP contribution is -2.17. The molecule has 0 aliphatic carbocycles. The average molecular weight is 290 g/mol. The predicted octanol–water partition coefficient (Wildman–Crippen LogP) is 2.51. The molecule has 1 heterocycles. The monoisotopic (exact) mass is 289 g/mol. The number of anilines is 2. The number of carbonyl (C=O) groups excluding carboxylic acids is 2. The molecule has 1 aromatic carbocycles. The maximum absolute atomic E-state index is 12.0. The summed E-state index contributed by atoms with van der Waals surface area (Å²) in [6.45, 7) is 0. The Bertz CT molecular complexity index is 617. The number of aromatic nitrogens is 1. The van der Waals surface area contributed by atoms with Gasteiger partial charge in [0, 0.05) is 6.20 Å². The van der Waals surface area contributed by atoms with Crippen LogP contribution in [0.15, 0.2) is 48.7 Å². The van der Waals surface area contributed by atoms with Gasteiger partial charge in [0.05, 0.1) is 11.4 Å². The zero-order valence-corrected chi connectivity index (χ0v) is 11.2. The van der Waals surface area contributed by atoms with Crippen LogP contribution in [-0.2, 0) is 4.79 Å². The summed E-state index contributed by atoms with van der Waals surface area (Å²) >= 11 is 5.45. The number of pyridine rings is 1. The maximum Gasteiger partial charge on any atom is 0.274 e. The number of nitrogens with zero attached hydrogens (tertiary/aromatic N) is 1. The van der Waals surface area contributed by atoms with Crippen molar-refractivity contribution in [3.05, 3.63) is 54.4 Å². The van der Waals surface area contributed by atoms with Gasteiger partial charge in [-0.1, -0.05) is 18.2 Å². The Balaban J connectivity index is 2.17. The summed E-state index contributed by atoms with van der Waals surface area (Å²) in [4.78, 5) is 27.3. The number of benzene rings is 1. The van der Waals surface area contributed by atoms with Crippen LogP contribution in [0, 0.1) is 0 Å². The van der Waals surface area contributed by atoms with Crippen molar-refractivity contribution in [2.75, 3.05) is 16.5 Å². The lowest BCUT2D eigenvalue weighted by molar-refractivity contribution is -0.113. The van der Waals surface area contributed by atoms with E-state index in [9.17, 15) is 9.59 Å². The molecule has 0 saturated heterocycles. The van der Waals surface area contributed by atoms with E-state index in [1.807, 2.05) is 0 Å². The van der Waals surface area contributed by atoms with Crippen molar-refractivity contribution < 1.29 is 9.59 Å². The molecule has 0 radical (unpaired) electrons. The first-order chi connectivity index (χ1) is 9.70. The first kappa shape index (κ1) is 14.0. The van der Waals surface area contributed by atoms with Gasteiger partial charge in [-0.15, -0.1) is 11.6 Å². The van der Waals surface area contributed by atoms with Crippen molar-refractivity contribution in [2.24, 2.45) is 0 Å². The Kier molecular flexibility index (Phi) is 4.68. The third kappa shape index (κ3) is 3.55. The van der Waals surface area contributed by atoms with E-state index in [2.05, 4.69) is 15.6 Å². The fourth-order valence-corrected chi connectivity index (χ4v) is 1.63. The minimum atomic E-state index is -0.349. The zero-order chi connectivity index (χ0) is 14.4. The second kappa shape index (κ2) is 6.68. The highest BCUT2D eigenvalue weighted by molar-refractivity contribution is 6.29. The number of hydrogen-bond donors (Lipinski definition) is 2. The van der Waals surface area contributed by atoms with Gasteiger partial charge < -0.3 is 10.6 Å². The molecule has 5 nitrogen and oxygen atoms in total. The van der Waals surface area contributed by atoms with E-state index in [1.165, 1.54) is 6.20 Å². The lowest BCUT2D eigenvalue weighted by atomic mass is 10.2. The number of rotatable bonds is 4. The van der Waals surface area contributed by atoms with Gasteiger partial charge in [0.25, 0.3) is 5.91 Å². The summed E-state index contributed by atoms with van der Waals surface area (Å²) in [6, 6.07) is 11.9. The first-order valence-corrected chi connectivity index (χ1v) is 6.41. The summed E-state index contributed by atoms with van der Waals surface area (Å²) < 4.78 is 0. The number of carbonyl (C=O) groups is 2. The molecule has 0 unspecified atom stereocenters. The van der Waals surface area contributed by atoms with Gasteiger partial charge in [0.2, 0.25) is 5.91 Å². The number of alkyl halides is 1. The highest BCUT2D eigenvalue weighted by atomic mass is 35.5. The maximum atomic E-state index is 12.0. The molecular formula is C14H12ClN3O2. The average Bonchev–Trinajstić information content (AvgIpc) is 2.50. The Hall–Kier alpha value is -2.40. The van der Waals surface area contributed by atoms with Crippen molar-refractivity contribution in [1.29, 1.82) is 0 Å². The van der Waals surface area contributed by atoms with Crippen LogP contribution in [0.1, 0.15) is 10.5 Å². The van der Waals surface area contributed by atoms with E-state index in [0.29, 0.717) is 17.1 Å². The SMILES string of the molecule is O=C(CCl)Nc1ccccc1NC(=O)c1ccccn1. The van der Waals surface area contributed by atoms with E-state index in [4.69, 9.17) is 11.6 Å². The molecule has 20 heavy (non-hydrogen) atoms. The van der Waals surface area contributed by atoms with Crippen LogP contribution < -0.4 is 10.6 Å². The van der Waals surface area contributed by atoms with Crippen LogP contribution in [0.5, 0.6) is 0 Å². The molecular weight excluding hydrogens is 278 g/mol. The van der Waals surface area contributed by atoms with Gasteiger partial charge in [-0.2, -0.15) is 0 Å². The van der Waals surface area contributed by atoms with E-state index in [1.54, 1.807) is 42.5 Å². The van der Waals surface area contributed by atoms with Crippen LogP contribution in [0.3, 0.4) is 0 Å². The molecule has 2 aromatic rings. The third-order valence-corrected chi connectivity index (χ3v) is 2.71. The molecule has 0 bridgehead atoms. The molecule has 102 valence electrons. The fraction of sp³-hybridized carbons (Fsp3) is 0.0714. The van der Waals surface area contributed by atoms with E-state index >= 15 is 0 Å². The molecule has 0 fully saturated rings. The third-order valence-electron chi connectivity index (χ3n) is 2.47. The number of halogens is 1. The Morgan fingerprint density at radius 3 is 2.25 bits per heavy atom. The van der Waals surface area contributed by atoms with Crippen LogP contribution in [-0.4, -0.2) is 22.7 Å². The van der Waals surface area contributed by atoms with Crippen molar-refractivity contribution in [3.8, 4) is 0 Å². The number of nitrogens with one attached hydrogen (secondary N) is 2. The molecule has 2 rings (SSSR count). The lowest BCUT2D eigenvalue weighted by Gasteiger charge is -2.11. The van der Waals surface area contributed by atoms with Gasteiger partial charge >= 0.3 is 0 Å². The number of amides is 2. The van der Waals surface area contributed by atoms with Crippen molar-refractivity contribution >= 4 is 34.8 Å². The molecule has 0 aliphatic rings. The Labute approximate surface area is 121 Å².